The number of pyridine rings is 1. The van der Waals surface area contributed by atoms with Crippen molar-refractivity contribution in [3.05, 3.63) is 41.0 Å². The fourth-order valence-electron chi connectivity index (χ4n) is 2.16. The van der Waals surface area contributed by atoms with Crippen LogP contribution in [0.1, 0.15) is 34.8 Å². The molecule has 0 aromatic carbocycles. The van der Waals surface area contributed by atoms with Gasteiger partial charge in [-0.3, -0.25) is 0 Å². The fraction of sp³-hybridized carbons (Fsp3) is 0.278. The minimum Gasteiger partial charge on any atom is -0.503 e. The molecular weight excluding hydrogens is 406 g/mol. The van der Waals surface area contributed by atoms with Crippen molar-refractivity contribution in [2.24, 2.45) is 0 Å². The first-order chi connectivity index (χ1) is 13.9. The minimum atomic E-state index is -0.731. The van der Waals surface area contributed by atoms with Gasteiger partial charge in [-0.2, -0.15) is 5.10 Å². The van der Waals surface area contributed by atoms with Gasteiger partial charge in [-0.1, -0.05) is 11.6 Å². The van der Waals surface area contributed by atoms with Crippen molar-refractivity contribution in [3.63, 3.8) is 0 Å². The first-order valence-corrected chi connectivity index (χ1v) is 8.78. The first kappa shape index (κ1) is 21.9. The van der Waals surface area contributed by atoms with E-state index in [0.717, 1.165) is 0 Å². The van der Waals surface area contributed by atoms with Crippen molar-refractivity contribution in [2.45, 2.75) is 13.8 Å². The van der Waals surface area contributed by atoms with Gasteiger partial charge >= 0.3 is 11.9 Å². The molecule has 29 heavy (non-hydrogen) atoms. The maximum Gasteiger partial charge on any atom is 0.378 e. The van der Waals surface area contributed by atoms with E-state index < -0.39 is 11.9 Å². The topological polar surface area (TPSA) is 134 Å². The van der Waals surface area contributed by atoms with Gasteiger partial charge in [-0.05, 0) is 26.0 Å². The summed E-state index contributed by atoms with van der Waals surface area (Å²) in [6.45, 7) is 3.90. The highest BCUT2D eigenvalue weighted by molar-refractivity contribution is 6.32. The van der Waals surface area contributed by atoms with E-state index in [1.807, 2.05) is 0 Å². The number of methoxy groups -OCH3 is 1. The highest BCUT2D eigenvalue weighted by Gasteiger charge is 2.24. The summed E-state index contributed by atoms with van der Waals surface area (Å²) >= 11 is 5.58. The largest absolute Gasteiger partial charge is 0.503 e. The monoisotopic (exact) mass is 423 g/mol. The van der Waals surface area contributed by atoms with Gasteiger partial charge < -0.3 is 23.7 Å². The number of ether oxygens (including phenoxy) is 3. The van der Waals surface area contributed by atoms with Gasteiger partial charge in [0, 0.05) is 6.20 Å². The van der Waals surface area contributed by atoms with Gasteiger partial charge in [-0.25, -0.2) is 14.6 Å². The molecule has 0 aliphatic carbocycles. The summed E-state index contributed by atoms with van der Waals surface area (Å²) in [5, 5.41) is 17.2. The molecule has 0 saturated carbocycles. The summed E-state index contributed by atoms with van der Waals surface area (Å²) in [6.07, 6.45) is 2.84. The summed E-state index contributed by atoms with van der Waals surface area (Å²) in [6, 6.07) is 3.03. The molecular formula is C18H18ClN3O7. The van der Waals surface area contributed by atoms with Crippen molar-refractivity contribution in [1.29, 1.82) is 0 Å². The van der Waals surface area contributed by atoms with E-state index in [2.05, 4.69) is 15.2 Å². The highest BCUT2D eigenvalue weighted by atomic mass is 35.5. The average Bonchev–Trinajstić information content (AvgIpc) is 3.06. The molecule has 3 aromatic heterocycles. The van der Waals surface area contributed by atoms with Crippen LogP contribution in [0.2, 0.25) is 5.15 Å². The number of hydrogen-bond acceptors (Lipinski definition) is 10. The van der Waals surface area contributed by atoms with Gasteiger partial charge in [0.2, 0.25) is 5.71 Å². The van der Waals surface area contributed by atoms with Crippen molar-refractivity contribution < 1.29 is 33.3 Å². The van der Waals surface area contributed by atoms with E-state index in [9.17, 15) is 14.7 Å². The van der Waals surface area contributed by atoms with Gasteiger partial charge in [0.15, 0.2) is 10.9 Å². The Labute approximate surface area is 170 Å². The van der Waals surface area contributed by atoms with Gasteiger partial charge in [0.25, 0.3) is 5.76 Å². The van der Waals surface area contributed by atoms with Crippen molar-refractivity contribution in [1.82, 2.24) is 15.2 Å². The predicted molar refractivity (Wildman–Crippen MR) is 101 cm³/mol. The number of carbonyl (C=O) groups is 2. The van der Waals surface area contributed by atoms with Crippen LogP contribution in [0, 0.1) is 0 Å². The van der Waals surface area contributed by atoms with Crippen LogP contribution in [0.4, 0.5) is 0 Å². The van der Waals surface area contributed by atoms with E-state index in [4.69, 9.17) is 30.2 Å². The molecule has 10 nitrogen and oxygen atoms in total. The summed E-state index contributed by atoms with van der Waals surface area (Å²) in [5.74, 6) is -1.41. The highest BCUT2D eigenvalue weighted by Crippen LogP contribution is 2.37. The van der Waals surface area contributed by atoms with Gasteiger partial charge in [-0.15, -0.1) is 5.10 Å². The lowest BCUT2D eigenvalue weighted by atomic mass is 10.2. The zero-order valence-electron chi connectivity index (χ0n) is 15.8. The number of aromatic nitrogens is 3. The number of aromatic hydroxyl groups is 1. The maximum atomic E-state index is 11.5. The van der Waals surface area contributed by atoms with Crippen LogP contribution < -0.4 is 4.74 Å². The molecule has 0 atom stereocenters. The number of furan rings is 1. The third-order valence-electron chi connectivity index (χ3n) is 3.38. The normalized spacial score (nSPS) is 10.1. The minimum absolute atomic E-state index is 0.0657. The molecule has 1 N–H and O–H groups in total. The lowest BCUT2D eigenvalue weighted by Gasteiger charge is -2.00. The smallest absolute Gasteiger partial charge is 0.378 e. The Morgan fingerprint density at radius 2 is 1.83 bits per heavy atom. The van der Waals surface area contributed by atoms with Crippen molar-refractivity contribution in [3.8, 4) is 11.5 Å². The number of hydrogen-bond donors (Lipinski definition) is 1. The van der Waals surface area contributed by atoms with Crippen LogP contribution >= 0.6 is 11.6 Å². The van der Waals surface area contributed by atoms with Crippen molar-refractivity contribution in [2.75, 3.05) is 20.3 Å². The number of rotatable bonds is 5. The Bertz CT molecular complexity index is 1010. The molecule has 0 unspecified atom stereocenters. The van der Waals surface area contributed by atoms with E-state index in [0.29, 0.717) is 12.4 Å². The summed E-state index contributed by atoms with van der Waals surface area (Å²) in [4.78, 5) is 26.5. The van der Waals surface area contributed by atoms with Crippen LogP contribution in [0.15, 0.2) is 28.9 Å². The van der Waals surface area contributed by atoms with Gasteiger partial charge in [0.1, 0.15) is 16.7 Å². The Morgan fingerprint density at radius 3 is 2.45 bits per heavy atom. The Balaban J connectivity index is 0.000000221. The molecule has 0 aliphatic heterocycles. The second kappa shape index (κ2) is 10.2. The molecule has 0 saturated heterocycles. The summed E-state index contributed by atoms with van der Waals surface area (Å²) < 4.78 is 19.7. The number of esters is 2. The molecule has 3 rings (SSSR count). The molecule has 0 bridgehead atoms. The zero-order chi connectivity index (χ0) is 21.4. The number of halogens is 1. The van der Waals surface area contributed by atoms with Crippen LogP contribution in [0.25, 0.3) is 11.1 Å². The summed E-state index contributed by atoms with van der Waals surface area (Å²) in [7, 11) is 1.45. The molecule has 0 spiro atoms. The van der Waals surface area contributed by atoms with Crippen LogP contribution in [-0.4, -0.2) is 52.6 Å². The SMILES string of the molecule is CCOC(=O)c1ccnnc1Cl.CCOC(=O)c1oc2nccc(OC)c2c1O. The molecule has 3 aromatic rings. The standard InChI is InChI=1S/C11H11NO5.C7H7ClN2O2/c1-3-16-11(14)9-8(13)7-6(15-2)4-5-12-10(7)17-9;1-2-12-7(11)5-3-4-9-10-6(5)8/h4-5,13H,3H2,1-2H3;3-4H,2H2,1H3. The molecule has 0 aliphatic rings. The second-order valence-electron chi connectivity index (χ2n) is 5.15. The molecule has 3 heterocycles. The maximum absolute atomic E-state index is 11.5. The number of carbonyl (C=O) groups excluding carboxylic acids is 2. The first-order valence-electron chi connectivity index (χ1n) is 8.40. The van der Waals surface area contributed by atoms with E-state index in [1.54, 1.807) is 19.9 Å². The Morgan fingerprint density at radius 1 is 1.14 bits per heavy atom. The fourth-order valence-corrected chi connectivity index (χ4v) is 2.34. The Hall–Kier alpha value is -3.40. The van der Waals surface area contributed by atoms with E-state index in [-0.39, 0.29) is 39.9 Å². The predicted octanol–water partition coefficient (Wildman–Crippen LogP) is 3.03. The van der Waals surface area contributed by atoms with Crippen LogP contribution in [0.3, 0.4) is 0 Å². The van der Waals surface area contributed by atoms with Gasteiger partial charge in [0.05, 0.1) is 26.5 Å². The number of fused-ring (bicyclic) bond motifs is 1. The van der Waals surface area contributed by atoms with Crippen LogP contribution in [-0.2, 0) is 9.47 Å². The average molecular weight is 424 g/mol. The lowest BCUT2D eigenvalue weighted by Crippen LogP contribution is -2.06. The molecule has 154 valence electrons. The third kappa shape index (κ3) is 5.11. The number of nitrogens with zero attached hydrogens (tertiary/aromatic N) is 3. The molecule has 0 fully saturated rings. The molecule has 0 radical (unpaired) electrons. The molecule has 11 heteroatoms. The lowest BCUT2D eigenvalue weighted by molar-refractivity contribution is 0.0485. The van der Waals surface area contributed by atoms with Crippen LogP contribution in [0.5, 0.6) is 11.5 Å². The van der Waals surface area contributed by atoms with Crippen molar-refractivity contribution >= 4 is 34.6 Å². The summed E-state index contributed by atoms with van der Waals surface area (Å²) in [5.41, 5.74) is 0.374. The third-order valence-corrected chi connectivity index (χ3v) is 3.66. The second-order valence-corrected chi connectivity index (χ2v) is 5.51. The Kier molecular flexibility index (Phi) is 7.72. The quantitative estimate of drug-likeness (QED) is 0.610. The van der Waals surface area contributed by atoms with E-state index in [1.165, 1.54) is 25.6 Å². The van der Waals surface area contributed by atoms with E-state index >= 15 is 0 Å². The molecule has 0 amide bonds. The zero-order valence-corrected chi connectivity index (χ0v) is 16.6.